The molecular weight excluding hydrogens is 274 g/mol. The highest BCUT2D eigenvalue weighted by Crippen LogP contribution is 2.20. The number of benzene rings is 1. The molecule has 1 aromatic carbocycles. The monoisotopic (exact) mass is 293 g/mol. The molecule has 0 saturated carbocycles. The molecule has 21 heavy (non-hydrogen) atoms. The topological polar surface area (TPSA) is 84.9 Å². The van der Waals surface area contributed by atoms with Crippen LogP contribution in [0, 0.1) is 5.92 Å². The Balaban J connectivity index is 2.07. The van der Waals surface area contributed by atoms with Crippen molar-refractivity contribution >= 4 is 11.9 Å². The largest absolute Gasteiger partial charge is 0.497 e. The van der Waals surface area contributed by atoms with Crippen LogP contribution in [0.15, 0.2) is 24.3 Å². The Morgan fingerprint density at radius 3 is 2.62 bits per heavy atom. The molecule has 0 bridgehead atoms. The number of rotatable bonds is 5. The van der Waals surface area contributed by atoms with Gasteiger partial charge in [-0.25, -0.2) is 4.79 Å². The molecule has 0 aromatic heterocycles. The Morgan fingerprint density at radius 2 is 2.10 bits per heavy atom. The molecule has 6 nitrogen and oxygen atoms in total. The molecule has 2 rings (SSSR count). The van der Waals surface area contributed by atoms with Gasteiger partial charge < -0.3 is 19.9 Å². The lowest BCUT2D eigenvalue weighted by molar-refractivity contribution is -0.143. The SMILES string of the molecule is COc1ccc(C(NC(=O)C2CCCOC2)C(=O)O)cc1. The van der Waals surface area contributed by atoms with Gasteiger partial charge in [-0.05, 0) is 30.5 Å². The number of carbonyl (C=O) groups excluding carboxylic acids is 1. The summed E-state index contributed by atoms with van der Waals surface area (Å²) in [7, 11) is 1.54. The number of nitrogens with one attached hydrogen (secondary N) is 1. The molecule has 0 radical (unpaired) electrons. The summed E-state index contributed by atoms with van der Waals surface area (Å²) in [6, 6.07) is 5.54. The zero-order chi connectivity index (χ0) is 15.2. The number of ether oxygens (including phenoxy) is 2. The van der Waals surface area contributed by atoms with E-state index in [9.17, 15) is 14.7 Å². The van der Waals surface area contributed by atoms with Gasteiger partial charge in [0.15, 0.2) is 6.04 Å². The van der Waals surface area contributed by atoms with E-state index < -0.39 is 12.0 Å². The first-order chi connectivity index (χ1) is 10.1. The third-order valence-corrected chi connectivity index (χ3v) is 3.51. The maximum Gasteiger partial charge on any atom is 0.330 e. The van der Waals surface area contributed by atoms with Gasteiger partial charge >= 0.3 is 5.97 Å². The minimum Gasteiger partial charge on any atom is -0.497 e. The van der Waals surface area contributed by atoms with Crippen LogP contribution in [-0.4, -0.2) is 37.3 Å². The molecule has 6 heteroatoms. The van der Waals surface area contributed by atoms with Crippen molar-refractivity contribution in [1.82, 2.24) is 5.32 Å². The minimum atomic E-state index is -1.09. The lowest BCUT2D eigenvalue weighted by Gasteiger charge is -2.23. The number of carboxylic acid groups (broad SMARTS) is 1. The van der Waals surface area contributed by atoms with Crippen molar-refractivity contribution < 1.29 is 24.2 Å². The van der Waals surface area contributed by atoms with E-state index in [1.54, 1.807) is 24.3 Å². The predicted molar refractivity (Wildman–Crippen MR) is 75.1 cm³/mol. The summed E-state index contributed by atoms with van der Waals surface area (Å²) in [6.45, 7) is 1.01. The molecule has 1 aliphatic heterocycles. The van der Waals surface area contributed by atoms with Crippen molar-refractivity contribution in [3.63, 3.8) is 0 Å². The van der Waals surface area contributed by atoms with E-state index in [0.717, 1.165) is 12.8 Å². The average molecular weight is 293 g/mol. The fourth-order valence-electron chi connectivity index (χ4n) is 2.29. The van der Waals surface area contributed by atoms with E-state index in [4.69, 9.17) is 9.47 Å². The average Bonchev–Trinajstić information content (AvgIpc) is 2.53. The third-order valence-electron chi connectivity index (χ3n) is 3.51. The number of carbonyl (C=O) groups is 2. The van der Waals surface area contributed by atoms with Crippen molar-refractivity contribution in [3.05, 3.63) is 29.8 Å². The smallest absolute Gasteiger partial charge is 0.330 e. The van der Waals surface area contributed by atoms with Gasteiger partial charge in [-0.2, -0.15) is 0 Å². The van der Waals surface area contributed by atoms with Crippen molar-refractivity contribution in [2.75, 3.05) is 20.3 Å². The summed E-state index contributed by atoms with van der Waals surface area (Å²) >= 11 is 0. The number of hydrogen-bond donors (Lipinski definition) is 2. The highest BCUT2D eigenvalue weighted by atomic mass is 16.5. The van der Waals surface area contributed by atoms with Gasteiger partial charge in [0.25, 0.3) is 0 Å². The van der Waals surface area contributed by atoms with Gasteiger partial charge in [-0.15, -0.1) is 0 Å². The Hall–Kier alpha value is -2.08. The van der Waals surface area contributed by atoms with E-state index in [1.165, 1.54) is 7.11 Å². The molecule has 2 unspecified atom stereocenters. The first kappa shape index (κ1) is 15.3. The molecule has 2 atom stereocenters. The third kappa shape index (κ3) is 3.95. The standard InChI is InChI=1S/C15H19NO5/c1-20-12-6-4-10(5-7-12)13(15(18)19)16-14(17)11-3-2-8-21-9-11/h4-7,11,13H,2-3,8-9H2,1H3,(H,16,17)(H,18,19). The molecule has 0 spiro atoms. The molecule has 1 aliphatic rings. The second-order valence-electron chi connectivity index (χ2n) is 4.97. The molecule has 0 aliphatic carbocycles. The number of hydrogen-bond acceptors (Lipinski definition) is 4. The Labute approximate surface area is 123 Å². The van der Waals surface area contributed by atoms with E-state index in [1.807, 2.05) is 0 Å². The summed E-state index contributed by atoms with van der Waals surface area (Å²) < 4.78 is 10.3. The summed E-state index contributed by atoms with van der Waals surface area (Å²) in [5.74, 6) is -1.02. The lowest BCUT2D eigenvalue weighted by atomic mass is 10.00. The number of methoxy groups -OCH3 is 1. The summed E-state index contributed by atoms with van der Waals surface area (Å²) in [5.41, 5.74) is 0.508. The molecular formula is C15H19NO5. The van der Waals surface area contributed by atoms with Crippen LogP contribution in [0.25, 0.3) is 0 Å². The first-order valence-corrected chi connectivity index (χ1v) is 6.86. The summed E-state index contributed by atoms with van der Waals surface area (Å²) in [4.78, 5) is 23.5. The van der Waals surface area contributed by atoms with Gasteiger partial charge in [0.05, 0.1) is 19.6 Å². The highest BCUT2D eigenvalue weighted by Gasteiger charge is 2.27. The summed E-state index contributed by atoms with van der Waals surface area (Å²) in [5, 5.41) is 11.9. The van der Waals surface area contributed by atoms with Gasteiger partial charge in [0.2, 0.25) is 5.91 Å². The Bertz CT molecular complexity index is 493. The van der Waals surface area contributed by atoms with Crippen molar-refractivity contribution in [2.24, 2.45) is 5.92 Å². The fourth-order valence-corrected chi connectivity index (χ4v) is 2.29. The van der Waals surface area contributed by atoms with Gasteiger partial charge in [-0.3, -0.25) is 4.79 Å². The van der Waals surface area contributed by atoms with Crippen LogP contribution in [0.3, 0.4) is 0 Å². The number of carboxylic acids is 1. The molecule has 114 valence electrons. The second kappa shape index (κ2) is 7.08. The Kier molecular flexibility index (Phi) is 5.16. The second-order valence-corrected chi connectivity index (χ2v) is 4.97. The van der Waals surface area contributed by atoms with Gasteiger partial charge in [0.1, 0.15) is 5.75 Å². The maximum absolute atomic E-state index is 12.1. The van der Waals surface area contributed by atoms with Crippen molar-refractivity contribution in [3.8, 4) is 5.75 Å². The highest BCUT2D eigenvalue weighted by molar-refractivity contribution is 5.86. The van der Waals surface area contributed by atoms with Crippen LogP contribution >= 0.6 is 0 Å². The summed E-state index contributed by atoms with van der Waals surface area (Å²) in [6.07, 6.45) is 1.54. The minimum absolute atomic E-state index is 0.279. The predicted octanol–water partition coefficient (Wildman–Crippen LogP) is 1.36. The molecule has 1 heterocycles. The molecule has 1 amide bonds. The van der Waals surface area contributed by atoms with Crippen LogP contribution in [0.4, 0.5) is 0 Å². The van der Waals surface area contributed by atoms with Crippen molar-refractivity contribution in [1.29, 1.82) is 0 Å². The van der Waals surface area contributed by atoms with Gasteiger partial charge in [-0.1, -0.05) is 12.1 Å². The lowest BCUT2D eigenvalue weighted by Crippen LogP contribution is -2.40. The first-order valence-electron chi connectivity index (χ1n) is 6.86. The molecule has 2 N–H and O–H groups in total. The zero-order valence-electron chi connectivity index (χ0n) is 11.9. The quantitative estimate of drug-likeness (QED) is 0.856. The molecule has 1 fully saturated rings. The van der Waals surface area contributed by atoms with Gasteiger partial charge in [0, 0.05) is 6.61 Å². The normalized spacial score (nSPS) is 19.6. The van der Waals surface area contributed by atoms with Crippen molar-refractivity contribution in [2.45, 2.75) is 18.9 Å². The van der Waals surface area contributed by atoms with Crippen LogP contribution in [-0.2, 0) is 14.3 Å². The Morgan fingerprint density at radius 1 is 1.38 bits per heavy atom. The number of amides is 1. The van der Waals surface area contributed by atoms with E-state index in [0.29, 0.717) is 24.5 Å². The van der Waals surface area contributed by atoms with Crippen LogP contribution in [0.5, 0.6) is 5.75 Å². The molecule has 1 saturated heterocycles. The molecule has 1 aromatic rings. The van der Waals surface area contributed by atoms with E-state index in [-0.39, 0.29) is 11.8 Å². The zero-order valence-corrected chi connectivity index (χ0v) is 11.9. The fraction of sp³-hybridized carbons (Fsp3) is 0.467. The van der Waals surface area contributed by atoms with Crippen LogP contribution in [0.2, 0.25) is 0 Å². The van der Waals surface area contributed by atoms with E-state index >= 15 is 0 Å². The number of aliphatic carboxylic acids is 1. The van der Waals surface area contributed by atoms with E-state index in [2.05, 4.69) is 5.32 Å². The van der Waals surface area contributed by atoms with Crippen LogP contribution in [0.1, 0.15) is 24.4 Å². The van der Waals surface area contributed by atoms with Crippen LogP contribution < -0.4 is 10.1 Å². The maximum atomic E-state index is 12.1.